The summed E-state index contributed by atoms with van der Waals surface area (Å²) in [6.45, 7) is 0. The van der Waals surface area contributed by atoms with Crippen LogP contribution in [-0.2, 0) is 11.0 Å². The number of thioether (sulfide) groups is 1. The molecule has 0 saturated heterocycles. The number of hydrogen-bond donors (Lipinski definition) is 1. The number of carboxylic acid groups (broad SMARTS) is 1. The molecule has 4 rings (SSSR count). The molecule has 6 nitrogen and oxygen atoms in total. The number of benzene rings is 2. The fraction of sp³-hybridized carbons (Fsp3) is 0.0870. The van der Waals surface area contributed by atoms with Crippen LogP contribution in [0.3, 0.4) is 0 Å². The lowest BCUT2D eigenvalue weighted by Gasteiger charge is -2.20. The number of aliphatic carboxylic acids is 1. The zero-order chi connectivity index (χ0) is 23.6. The maximum atomic E-state index is 13.9. The predicted octanol–water partition coefficient (Wildman–Crippen LogP) is 3.99. The van der Waals surface area contributed by atoms with Gasteiger partial charge in [0.2, 0.25) is 0 Å². The third-order valence-electron chi connectivity index (χ3n) is 4.65. The van der Waals surface area contributed by atoms with E-state index in [0.29, 0.717) is 29.2 Å². The molecule has 0 aliphatic carbocycles. The first-order valence-electron chi connectivity index (χ1n) is 9.62. The standard InChI is InChI=1S/C23H16F3N3O3S/c24-23(25,26)16-11-19(33-13-20(31)32)28-22-21(16)17(30)12-18(27-14-7-3-1-4-8-14)29(22)15-9-5-2-6-10-15/h1-12,27H,13H2,(H,31,32)/p-1. The number of pyridine rings is 2. The molecule has 33 heavy (non-hydrogen) atoms. The average Bonchev–Trinajstić information content (AvgIpc) is 2.78. The molecular formula is C23H15F3N3O3S-. The summed E-state index contributed by atoms with van der Waals surface area (Å²) in [5.41, 5.74) is -1.23. The van der Waals surface area contributed by atoms with Crippen LogP contribution in [0.4, 0.5) is 24.7 Å². The number of carboxylic acids is 1. The van der Waals surface area contributed by atoms with Crippen LogP contribution in [0.25, 0.3) is 16.7 Å². The van der Waals surface area contributed by atoms with Crippen molar-refractivity contribution in [2.75, 3.05) is 11.1 Å². The summed E-state index contributed by atoms with van der Waals surface area (Å²) in [4.78, 5) is 28.0. The summed E-state index contributed by atoms with van der Waals surface area (Å²) in [7, 11) is 0. The normalized spacial score (nSPS) is 11.5. The second-order valence-electron chi connectivity index (χ2n) is 6.92. The van der Waals surface area contributed by atoms with E-state index in [4.69, 9.17) is 0 Å². The Bertz CT molecular complexity index is 1370. The molecule has 4 aromatic rings. The highest BCUT2D eigenvalue weighted by Crippen LogP contribution is 2.37. The molecule has 0 fully saturated rings. The van der Waals surface area contributed by atoms with Crippen LogP contribution in [0.2, 0.25) is 0 Å². The van der Waals surface area contributed by atoms with E-state index < -0.39 is 34.3 Å². The summed E-state index contributed by atoms with van der Waals surface area (Å²) in [6.07, 6.45) is -4.86. The highest BCUT2D eigenvalue weighted by Gasteiger charge is 2.35. The minimum atomic E-state index is -4.86. The van der Waals surface area contributed by atoms with Crippen molar-refractivity contribution in [1.29, 1.82) is 0 Å². The van der Waals surface area contributed by atoms with E-state index in [2.05, 4.69) is 10.3 Å². The van der Waals surface area contributed by atoms with Gasteiger partial charge in [0.25, 0.3) is 0 Å². The van der Waals surface area contributed by atoms with Gasteiger partial charge in [0, 0.05) is 23.2 Å². The van der Waals surface area contributed by atoms with Crippen molar-refractivity contribution in [3.63, 3.8) is 0 Å². The average molecular weight is 470 g/mol. The van der Waals surface area contributed by atoms with Gasteiger partial charge in [0.1, 0.15) is 5.82 Å². The molecule has 0 bridgehead atoms. The topological polar surface area (TPSA) is 87.0 Å². The number of nitrogens with one attached hydrogen (secondary N) is 1. The van der Waals surface area contributed by atoms with E-state index in [1.165, 1.54) is 4.57 Å². The molecule has 0 atom stereocenters. The molecule has 0 aliphatic heterocycles. The molecule has 0 saturated carbocycles. The molecule has 1 N–H and O–H groups in total. The summed E-state index contributed by atoms with van der Waals surface area (Å²) >= 11 is 0.584. The van der Waals surface area contributed by atoms with Crippen LogP contribution in [0.15, 0.2) is 82.6 Å². The minimum Gasteiger partial charge on any atom is -0.549 e. The number of carbonyl (C=O) groups excluding carboxylic acids is 1. The van der Waals surface area contributed by atoms with E-state index in [-0.39, 0.29) is 16.5 Å². The van der Waals surface area contributed by atoms with Crippen LogP contribution in [0.1, 0.15) is 5.56 Å². The van der Waals surface area contributed by atoms with Crippen molar-refractivity contribution >= 4 is 40.3 Å². The Kier molecular flexibility index (Phi) is 6.10. The summed E-state index contributed by atoms with van der Waals surface area (Å²) < 4.78 is 43.2. The quantitative estimate of drug-likeness (QED) is 0.429. The van der Waals surface area contributed by atoms with Crippen molar-refractivity contribution in [1.82, 2.24) is 9.55 Å². The molecular weight excluding hydrogens is 455 g/mol. The van der Waals surface area contributed by atoms with Crippen LogP contribution in [-0.4, -0.2) is 21.3 Å². The number of anilines is 2. The Morgan fingerprint density at radius 2 is 1.67 bits per heavy atom. The van der Waals surface area contributed by atoms with Crippen molar-refractivity contribution in [3.05, 3.63) is 88.6 Å². The Labute approximate surface area is 189 Å². The van der Waals surface area contributed by atoms with Gasteiger partial charge in [0.05, 0.1) is 21.9 Å². The molecule has 0 aliphatic rings. The number of para-hydroxylation sites is 2. The number of aromatic nitrogens is 2. The van der Waals surface area contributed by atoms with Gasteiger partial charge < -0.3 is 15.2 Å². The second kappa shape index (κ2) is 8.99. The smallest absolute Gasteiger partial charge is 0.417 e. The van der Waals surface area contributed by atoms with Crippen LogP contribution < -0.4 is 15.9 Å². The van der Waals surface area contributed by atoms with E-state index in [0.717, 1.165) is 6.07 Å². The Morgan fingerprint density at radius 3 is 2.27 bits per heavy atom. The number of rotatable bonds is 6. The molecule has 2 heterocycles. The zero-order valence-electron chi connectivity index (χ0n) is 16.8. The van der Waals surface area contributed by atoms with Crippen molar-refractivity contribution in [2.45, 2.75) is 11.2 Å². The maximum Gasteiger partial charge on any atom is 0.417 e. The largest absolute Gasteiger partial charge is 0.549 e. The molecule has 168 valence electrons. The van der Waals surface area contributed by atoms with Crippen LogP contribution in [0.5, 0.6) is 0 Å². The predicted molar refractivity (Wildman–Crippen MR) is 118 cm³/mol. The lowest BCUT2D eigenvalue weighted by molar-refractivity contribution is -0.301. The van der Waals surface area contributed by atoms with Gasteiger partial charge in [-0.1, -0.05) is 36.4 Å². The third kappa shape index (κ3) is 4.85. The number of alkyl halides is 3. The van der Waals surface area contributed by atoms with Crippen molar-refractivity contribution in [3.8, 4) is 5.69 Å². The van der Waals surface area contributed by atoms with Gasteiger partial charge in [-0.25, -0.2) is 4.98 Å². The van der Waals surface area contributed by atoms with Gasteiger partial charge in [-0.05, 0) is 30.3 Å². The SMILES string of the molecule is O=C([O-])CSc1cc(C(F)(F)F)c2c(=O)cc(Nc3ccccc3)n(-c3ccccc3)c2n1. The molecule has 0 amide bonds. The monoisotopic (exact) mass is 470 g/mol. The highest BCUT2D eigenvalue weighted by molar-refractivity contribution is 7.99. The summed E-state index contributed by atoms with van der Waals surface area (Å²) in [5, 5.41) is 13.1. The van der Waals surface area contributed by atoms with Crippen LogP contribution >= 0.6 is 11.8 Å². The van der Waals surface area contributed by atoms with E-state index in [1.807, 2.05) is 0 Å². The molecule has 2 aromatic carbocycles. The second-order valence-corrected chi connectivity index (χ2v) is 7.92. The van der Waals surface area contributed by atoms with Gasteiger partial charge in [-0.2, -0.15) is 13.2 Å². The van der Waals surface area contributed by atoms with E-state index in [1.54, 1.807) is 60.7 Å². The van der Waals surface area contributed by atoms with Crippen molar-refractivity contribution in [2.24, 2.45) is 0 Å². The molecule has 0 spiro atoms. The van der Waals surface area contributed by atoms with E-state index in [9.17, 15) is 27.9 Å². The fourth-order valence-corrected chi connectivity index (χ4v) is 3.94. The van der Waals surface area contributed by atoms with Gasteiger partial charge in [0.15, 0.2) is 11.1 Å². The maximum absolute atomic E-state index is 13.9. The lowest BCUT2D eigenvalue weighted by atomic mass is 10.1. The first-order chi connectivity index (χ1) is 15.7. The number of halogens is 3. The summed E-state index contributed by atoms with van der Waals surface area (Å²) in [5.74, 6) is -1.84. The van der Waals surface area contributed by atoms with Crippen molar-refractivity contribution < 1.29 is 23.1 Å². The number of fused-ring (bicyclic) bond motifs is 1. The van der Waals surface area contributed by atoms with Crippen LogP contribution in [0, 0.1) is 0 Å². The van der Waals surface area contributed by atoms with Gasteiger partial charge >= 0.3 is 6.18 Å². The molecule has 0 radical (unpaired) electrons. The number of carbonyl (C=O) groups is 1. The fourth-order valence-electron chi connectivity index (χ4n) is 3.32. The first-order valence-corrected chi connectivity index (χ1v) is 10.6. The van der Waals surface area contributed by atoms with E-state index >= 15 is 0 Å². The zero-order valence-corrected chi connectivity index (χ0v) is 17.6. The Morgan fingerprint density at radius 1 is 1.03 bits per heavy atom. The van der Waals surface area contributed by atoms with Gasteiger partial charge in [-0.3, -0.25) is 9.36 Å². The summed E-state index contributed by atoms with van der Waals surface area (Å²) in [6, 6.07) is 19.1. The molecule has 0 unspecified atom stereocenters. The first kappa shape index (κ1) is 22.4. The lowest BCUT2D eigenvalue weighted by Crippen LogP contribution is -2.24. The molecule has 2 aromatic heterocycles. The Balaban J connectivity index is 2.07. The number of hydrogen-bond acceptors (Lipinski definition) is 6. The Hall–Kier alpha value is -3.79. The minimum absolute atomic E-state index is 0.194. The number of nitrogens with zero attached hydrogens (tertiary/aromatic N) is 2. The molecule has 10 heteroatoms. The highest BCUT2D eigenvalue weighted by atomic mass is 32.2. The van der Waals surface area contributed by atoms with Gasteiger partial charge in [-0.15, -0.1) is 11.8 Å². The third-order valence-corrected chi connectivity index (χ3v) is 5.53.